The zero-order valence-electron chi connectivity index (χ0n) is 13.9. The SMILES string of the molecule is CN(Cc1ccc2c(c1)OCO2)C(=O)c1cccc(NS(C)(=O)=O)c1. The molecule has 0 spiro atoms. The molecule has 25 heavy (non-hydrogen) atoms. The normalized spacial score (nSPS) is 12.7. The van der Waals surface area contributed by atoms with Crippen LogP contribution in [-0.4, -0.2) is 39.3 Å². The predicted molar refractivity (Wildman–Crippen MR) is 93.3 cm³/mol. The summed E-state index contributed by atoms with van der Waals surface area (Å²) in [5.41, 5.74) is 1.66. The monoisotopic (exact) mass is 362 g/mol. The minimum Gasteiger partial charge on any atom is -0.454 e. The summed E-state index contributed by atoms with van der Waals surface area (Å²) >= 11 is 0. The van der Waals surface area contributed by atoms with Gasteiger partial charge in [0.2, 0.25) is 16.8 Å². The zero-order chi connectivity index (χ0) is 18.0. The van der Waals surface area contributed by atoms with Crippen LogP contribution in [0.25, 0.3) is 0 Å². The first kappa shape index (κ1) is 17.1. The van der Waals surface area contributed by atoms with E-state index in [-0.39, 0.29) is 12.7 Å². The highest BCUT2D eigenvalue weighted by Crippen LogP contribution is 2.32. The van der Waals surface area contributed by atoms with Crippen LogP contribution < -0.4 is 14.2 Å². The lowest BCUT2D eigenvalue weighted by Crippen LogP contribution is -2.26. The predicted octanol–water partition coefficient (Wildman–Crippen LogP) is 2.06. The van der Waals surface area contributed by atoms with Gasteiger partial charge in [-0.25, -0.2) is 8.42 Å². The van der Waals surface area contributed by atoms with Crippen LogP contribution >= 0.6 is 0 Å². The summed E-state index contributed by atoms with van der Waals surface area (Å²) in [5.74, 6) is 1.14. The molecule has 0 saturated heterocycles. The van der Waals surface area contributed by atoms with Gasteiger partial charge in [0.25, 0.3) is 5.91 Å². The number of nitrogens with one attached hydrogen (secondary N) is 1. The summed E-state index contributed by atoms with van der Waals surface area (Å²) in [6.45, 7) is 0.590. The lowest BCUT2D eigenvalue weighted by molar-refractivity contribution is 0.0785. The van der Waals surface area contributed by atoms with Crippen molar-refractivity contribution in [2.24, 2.45) is 0 Å². The third-order valence-electron chi connectivity index (χ3n) is 3.62. The van der Waals surface area contributed by atoms with Crippen LogP contribution in [0.4, 0.5) is 5.69 Å². The molecule has 0 bridgehead atoms. The summed E-state index contributed by atoms with van der Waals surface area (Å²) in [6.07, 6.45) is 1.06. The molecule has 8 heteroatoms. The molecule has 3 rings (SSSR count). The quantitative estimate of drug-likeness (QED) is 0.880. The summed E-state index contributed by atoms with van der Waals surface area (Å²) in [4.78, 5) is 14.1. The molecule has 2 aromatic carbocycles. The Labute approximate surface area is 146 Å². The number of carbonyl (C=O) groups is 1. The van der Waals surface area contributed by atoms with E-state index in [1.165, 1.54) is 6.07 Å². The van der Waals surface area contributed by atoms with E-state index in [2.05, 4.69) is 4.72 Å². The molecular weight excluding hydrogens is 344 g/mol. The van der Waals surface area contributed by atoms with Crippen molar-refractivity contribution in [3.63, 3.8) is 0 Å². The van der Waals surface area contributed by atoms with Crippen LogP contribution in [0.15, 0.2) is 42.5 Å². The Morgan fingerprint density at radius 1 is 1.16 bits per heavy atom. The molecule has 132 valence electrons. The number of rotatable bonds is 5. The second-order valence-electron chi connectivity index (χ2n) is 5.80. The molecule has 0 radical (unpaired) electrons. The number of nitrogens with zero attached hydrogens (tertiary/aromatic N) is 1. The average Bonchev–Trinajstić information content (AvgIpc) is 3.00. The van der Waals surface area contributed by atoms with Crippen LogP contribution in [0.2, 0.25) is 0 Å². The first-order valence-electron chi connectivity index (χ1n) is 7.54. The summed E-state index contributed by atoms with van der Waals surface area (Å²) < 4.78 is 35.6. The van der Waals surface area contributed by atoms with Gasteiger partial charge in [0.1, 0.15) is 0 Å². The van der Waals surface area contributed by atoms with Crippen LogP contribution in [0.1, 0.15) is 15.9 Å². The van der Waals surface area contributed by atoms with E-state index in [4.69, 9.17) is 9.47 Å². The molecule has 2 aromatic rings. The summed E-state index contributed by atoms with van der Waals surface area (Å²) in [5, 5.41) is 0. The van der Waals surface area contributed by atoms with Crippen LogP contribution in [0, 0.1) is 0 Å². The maximum absolute atomic E-state index is 12.6. The van der Waals surface area contributed by atoms with Gasteiger partial charge in [-0.1, -0.05) is 12.1 Å². The van der Waals surface area contributed by atoms with Crippen molar-refractivity contribution in [3.05, 3.63) is 53.6 Å². The van der Waals surface area contributed by atoms with Gasteiger partial charge in [0.15, 0.2) is 11.5 Å². The number of benzene rings is 2. The van der Waals surface area contributed by atoms with Crippen molar-refractivity contribution in [2.45, 2.75) is 6.54 Å². The number of hydrogen-bond donors (Lipinski definition) is 1. The Morgan fingerprint density at radius 3 is 2.68 bits per heavy atom. The molecule has 1 aliphatic rings. The second kappa shape index (κ2) is 6.64. The molecule has 1 heterocycles. The molecule has 0 unspecified atom stereocenters. The minimum atomic E-state index is -3.39. The van der Waals surface area contributed by atoms with Crippen LogP contribution in [-0.2, 0) is 16.6 Å². The molecule has 7 nitrogen and oxygen atoms in total. The average molecular weight is 362 g/mol. The highest BCUT2D eigenvalue weighted by Gasteiger charge is 2.17. The van der Waals surface area contributed by atoms with E-state index >= 15 is 0 Å². The molecule has 0 saturated carbocycles. The standard InChI is InChI=1S/C17H18N2O5S/c1-19(10-12-6-7-15-16(8-12)24-11-23-15)17(20)13-4-3-5-14(9-13)18-25(2,21)22/h3-9,18H,10-11H2,1-2H3. The number of fused-ring (bicyclic) bond motifs is 1. The highest BCUT2D eigenvalue weighted by atomic mass is 32.2. The van der Waals surface area contributed by atoms with Crippen molar-refractivity contribution in [1.82, 2.24) is 4.90 Å². The van der Waals surface area contributed by atoms with Crippen LogP contribution in [0.5, 0.6) is 11.5 Å². The molecule has 1 aliphatic heterocycles. The third kappa shape index (κ3) is 4.21. The van der Waals surface area contributed by atoms with E-state index in [0.717, 1.165) is 11.8 Å². The lowest BCUT2D eigenvalue weighted by Gasteiger charge is -2.18. The molecule has 0 atom stereocenters. The van der Waals surface area contributed by atoms with Gasteiger partial charge in [0.05, 0.1) is 6.26 Å². The van der Waals surface area contributed by atoms with E-state index in [1.54, 1.807) is 30.1 Å². The fourth-order valence-electron chi connectivity index (χ4n) is 2.54. The van der Waals surface area contributed by atoms with Gasteiger partial charge in [-0.3, -0.25) is 9.52 Å². The smallest absolute Gasteiger partial charge is 0.253 e. The Morgan fingerprint density at radius 2 is 1.92 bits per heavy atom. The maximum atomic E-state index is 12.6. The van der Waals surface area contributed by atoms with Crippen molar-refractivity contribution in [1.29, 1.82) is 0 Å². The summed E-state index contributed by atoms with van der Waals surface area (Å²) in [6, 6.07) is 11.9. The van der Waals surface area contributed by atoms with Gasteiger partial charge >= 0.3 is 0 Å². The minimum absolute atomic E-state index is 0.202. The van der Waals surface area contributed by atoms with E-state index < -0.39 is 10.0 Å². The number of sulfonamides is 1. The second-order valence-corrected chi connectivity index (χ2v) is 7.55. The fraction of sp³-hybridized carbons (Fsp3) is 0.235. The highest BCUT2D eigenvalue weighted by molar-refractivity contribution is 7.92. The van der Waals surface area contributed by atoms with Crippen molar-refractivity contribution in [2.75, 3.05) is 24.8 Å². The molecule has 0 aliphatic carbocycles. The molecule has 0 aromatic heterocycles. The molecular formula is C17H18N2O5S. The lowest BCUT2D eigenvalue weighted by atomic mass is 10.1. The Balaban J connectivity index is 1.73. The Hall–Kier alpha value is -2.74. The van der Waals surface area contributed by atoms with Crippen LogP contribution in [0.3, 0.4) is 0 Å². The van der Waals surface area contributed by atoms with Gasteiger partial charge in [0, 0.05) is 24.8 Å². The maximum Gasteiger partial charge on any atom is 0.253 e. The van der Waals surface area contributed by atoms with E-state index in [1.807, 2.05) is 18.2 Å². The van der Waals surface area contributed by atoms with Crippen molar-refractivity contribution < 1.29 is 22.7 Å². The largest absolute Gasteiger partial charge is 0.454 e. The van der Waals surface area contributed by atoms with Crippen molar-refractivity contribution >= 4 is 21.6 Å². The third-order valence-corrected chi connectivity index (χ3v) is 4.22. The van der Waals surface area contributed by atoms with Gasteiger partial charge < -0.3 is 14.4 Å². The molecule has 1 amide bonds. The number of hydrogen-bond acceptors (Lipinski definition) is 5. The topological polar surface area (TPSA) is 84.9 Å². The summed E-state index contributed by atoms with van der Waals surface area (Å²) in [7, 11) is -1.71. The van der Waals surface area contributed by atoms with Gasteiger partial charge in [-0.15, -0.1) is 0 Å². The zero-order valence-corrected chi connectivity index (χ0v) is 14.7. The fourth-order valence-corrected chi connectivity index (χ4v) is 3.09. The van der Waals surface area contributed by atoms with E-state index in [0.29, 0.717) is 29.3 Å². The van der Waals surface area contributed by atoms with E-state index in [9.17, 15) is 13.2 Å². The Bertz CT molecular complexity index is 911. The van der Waals surface area contributed by atoms with Gasteiger partial charge in [-0.2, -0.15) is 0 Å². The number of anilines is 1. The molecule has 1 N–H and O–H groups in total. The first-order chi connectivity index (χ1) is 11.8. The molecule has 0 fully saturated rings. The van der Waals surface area contributed by atoms with Gasteiger partial charge in [-0.05, 0) is 35.9 Å². The number of carbonyl (C=O) groups excluding carboxylic acids is 1. The first-order valence-corrected chi connectivity index (χ1v) is 9.43. The number of amides is 1. The number of ether oxygens (including phenoxy) is 2. The van der Waals surface area contributed by atoms with Crippen molar-refractivity contribution in [3.8, 4) is 11.5 Å². The Kier molecular flexibility index (Phi) is 4.54.